The summed E-state index contributed by atoms with van der Waals surface area (Å²) in [6.07, 6.45) is 2.22. The highest BCUT2D eigenvalue weighted by molar-refractivity contribution is 5.94. The molecule has 2 N–H and O–H groups in total. The van der Waals surface area contributed by atoms with E-state index in [2.05, 4.69) is 16.4 Å². The summed E-state index contributed by atoms with van der Waals surface area (Å²) in [5.74, 6) is -0.334. The average molecular weight is 426 g/mol. The summed E-state index contributed by atoms with van der Waals surface area (Å²) in [5.41, 5.74) is 4.34. The van der Waals surface area contributed by atoms with Gasteiger partial charge in [-0.1, -0.05) is 18.2 Å². The number of carboxylic acids is 1. The molecular weight excluding hydrogens is 404 g/mol. The number of anilines is 2. The van der Waals surface area contributed by atoms with E-state index >= 15 is 0 Å². The Morgan fingerprint density at radius 2 is 1.84 bits per heavy atom. The number of nitrogens with one attached hydrogen (secondary N) is 1. The standard InChI is InChI=1S/C25H22N4O3/c1-15-11-22(28-24-10-3-17(13-26)14-27-24)21-12-20(8-9-23(21)29(15)16(2)30)18-4-6-19(7-5-18)25(31)32/h3-10,12,14-15,22H,11H2,1-2H3,(H,27,28)(H,31,32). The lowest BCUT2D eigenvalue weighted by Crippen LogP contribution is -2.43. The van der Waals surface area contributed by atoms with Crippen LogP contribution in [-0.4, -0.2) is 28.0 Å². The molecule has 0 radical (unpaired) electrons. The molecule has 0 bridgehead atoms. The molecule has 160 valence electrons. The van der Waals surface area contributed by atoms with Crippen LogP contribution in [0.25, 0.3) is 11.1 Å². The molecule has 2 aromatic carbocycles. The quantitative estimate of drug-likeness (QED) is 0.631. The Morgan fingerprint density at radius 1 is 1.12 bits per heavy atom. The smallest absolute Gasteiger partial charge is 0.335 e. The number of pyridine rings is 1. The number of carboxylic acid groups (broad SMARTS) is 1. The first-order valence-corrected chi connectivity index (χ1v) is 10.3. The van der Waals surface area contributed by atoms with Crippen molar-refractivity contribution < 1.29 is 14.7 Å². The molecule has 2 heterocycles. The van der Waals surface area contributed by atoms with E-state index in [1.165, 1.54) is 6.20 Å². The van der Waals surface area contributed by atoms with Gasteiger partial charge in [0.15, 0.2) is 0 Å². The highest BCUT2D eigenvalue weighted by atomic mass is 16.4. The van der Waals surface area contributed by atoms with Crippen molar-refractivity contribution in [3.8, 4) is 17.2 Å². The Labute approximate surface area is 185 Å². The normalized spacial score (nSPS) is 17.2. The third-order valence-corrected chi connectivity index (χ3v) is 5.70. The number of nitriles is 1. The summed E-state index contributed by atoms with van der Waals surface area (Å²) >= 11 is 0. The van der Waals surface area contributed by atoms with Crippen LogP contribution >= 0.6 is 0 Å². The fourth-order valence-corrected chi connectivity index (χ4v) is 4.19. The molecule has 0 aliphatic carbocycles. The van der Waals surface area contributed by atoms with Crippen molar-refractivity contribution in [3.63, 3.8) is 0 Å². The molecule has 7 nitrogen and oxygen atoms in total. The van der Waals surface area contributed by atoms with E-state index in [1.54, 1.807) is 48.2 Å². The predicted octanol–water partition coefficient (Wildman–Crippen LogP) is 4.62. The summed E-state index contributed by atoms with van der Waals surface area (Å²) < 4.78 is 0. The summed E-state index contributed by atoms with van der Waals surface area (Å²) in [4.78, 5) is 29.7. The molecule has 2 unspecified atom stereocenters. The molecule has 1 aliphatic heterocycles. The molecule has 2 atom stereocenters. The van der Waals surface area contributed by atoms with Crippen LogP contribution in [0.3, 0.4) is 0 Å². The molecule has 7 heteroatoms. The minimum Gasteiger partial charge on any atom is -0.478 e. The summed E-state index contributed by atoms with van der Waals surface area (Å²) in [5, 5.41) is 21.6. The predicted molar refractivity (Wildman–Crippen MR) is 121 cm³/mol. The van der Waals surface area contributed by atoms with Crippen molar-refractivity contribution in [1.29, 1.82) is 5.26 Å². The number of nitrogens with zero attached hydrogens (tertiary/aromatic N) is 3. The van der Waals surface area contributed by atoms with Crippen LogP contribution in [0.4, 0.5) is 11.5 Å². The number of hydrogen-bond donors (Lipinski definition) is 2. The molecule has 0 saturated carbocycles. The molecule has 32 heavy (non-hydrogen) atoms. The van der Waals surface area contributed by atoms with Gasteiger partial charge in [-0.3, -0.25) is 4.79 Å². The van der Waals surface area contributed by atoms with Crippen LogP contribution in [0.2, 0.25) is 0 Å². The number of hydrogen-bond acceptors (Lipinski definition) is 5. The maximum Gasteiger partial charge on any atom is 0.335 e. The maximum absolute atomic E-state index is 12.4. The minimum absolute atomic E-state index is 0.00317. The second-order valence-electron chi connectivity index (χ2n) is 7.87. The third-order valence-electron chi connectivity index (χ3n) is 5.70. The third kappa shape index (κ3) is 4.03. The van der Waals surface area contributed by atoms with Crippen molar-refractivity contribution >= 4 is 23.4 Å². The van der Waals surface area contributed by atoms with E-state index in [9.17, 15) is 9.59 Å². The van der Waals surface area contributed by atoms with Crippen molar-refractivity contribution in [1.82, 2.24) is 4.98 Å². The van der Waals surface area contributed by atoms with Gasteiger partial charge in [-0.15, -0.1) is 0 Å². The number of carbonyl (C=O) groups is 2. The van der Waals surface area contributed by atoms with Crippen LogP contribution in [0.15, 0.2) is 60.8 Å². The zero-order chi connectivity index (χ0) is 22.8. The summed E-state index contributed by atoms with van der Waals surface area (Å²) in [7, 11) is 0. The van der Waals surface area contributed by atoms with Gasteiger partial charge in [0.25, 0.3) is 0 Å². The van der Waals surface area contributed by atoms with E-state index in [0.717, 1.165) is 22.4 Å². The van der Waals surface area contributed by atoms with Crippen LogP contribution in [0, 0.1) is 11.3 Å². The molecule has 1 aliphatic rings. The summed E-state index contributed by atoms with van der Waals surface area (Å²) in [6, 6.07) is 18.1. The molecular formula is C25H22N4O3. The van der Waals surface area contributed by atoms with Gasteiger partial charge >= 0.3 is 5.97 Å². The number of fused-ring (bicyclic) bond motifs is 1. The summed E-state index contributed by atoms with van der Waals surface area (Å²) in [6.45, 7) is 3.58. The van der Waals surface area contributed by atoms with Gasteiger partial charge in [0.2, 0.25) is 5.91 Å². The highest BCUT2D eigenvalue weighted by Crippen LogP contribution is 2.41. The first-order chi connectivity index (χ1) is 15.4. The Hall–Kier alpha value is -4.18. The van der Waals surface area contributed by atoms with Gasteiger partial charge < -0.3 is 15.3 Å². The minimum atomic E-state index is -0.966. The van der Waals surface area contributed by atoms with Gasteiger partial charge in [-0.05, 0) is 66.4 Å². The van der Waals surface area contributed by atoms with Gasteiger partial charge in [-0.25, -0.2) is 9.78 Å². The Bertz CT molecular complexity index is 1210. The Balaban J connectivity index is 1.74. The van der Waals surface area contributed by atoms with Crippen molar-refractivity contribution in [2.75, 3.05) is 10.2 Å². The Kier molecular flexibility index (Phi) is 5.61. The molecule has 4 rings (SSSR count). The molecule has 0 spiro atoms. The lowest BCUT2D eigenvalue weighted by Gasteiger charge is -2.39. The number of aromatic carboxylic acids is 1. The largest absolute Gasteiger partial charge is 0.478 e. The first-order valence-electron chi connectivity index (χ1n) is 10.3. The average Bonchev–Trinajstić information content (AvgIpc) is 2.79. The SMILES string of the molecule is CC(=O)N1c2ccc(-c3ccc(C(=O)O)cc3)cc2C(Nc2ccc(C#N)cn2)CC1C. The van der Waals surface area contributed by atoms with Gasteiger partial charge in [0, 0.05) is 24.8 Å². The van der Waals surface area contributed by atoms with Crippen LogP contribution in [0.1, 0.15) is 47.8 Å². The lowest BCUT2D eigenvalue weighted by atomic mass is 9.89. The van der Waals surface area contributed by atoms with Gasteiger partial charge in [0.1, 0.15) is 11.9 Å². The van der Waals surface area contributed by atoms with Crippen molar-refractivity contribution in [3.05, 3.63) is 77.5 Å². The van der Waals surface area contributed by atoms with Crippen LogP contribution in [-0.2, 0) is 4.79 Å². The number of amides is 1. The van der Waals surface area contributed by atoms with Crippen molar-refractivity contribution in [2.24, 2.45) is 0 Å². The van der Waals surface area contributed by atoms with Gasteiger partial charge in [0.05, 0.1) is 17.2 Å². The number of benzene rings is 2. The second kappa shape index (κ2) is 8.52. The van der Waals surface area contributed by atoms with E-state index in [4.69, 9.17) is 10.4 Å². The fraction of sp³-hybridized carbons (Fsp3) is 0.200. The molecule has 1 amide bonds. The molecule has 3 aromatic rings. The highest BCUT2D eigenvalue weighted by Gasteiger charge is 2.32. The second-order valence-corrected chi connectivity index (χ2v) is 7.87. The number of aromatic nitrogens is 1. The van der Waals surface area contributed by atoms with Crippen molar-refractivity contribution in [2.45, 2.75) is 32.4 Å². The topological polar surface area (TPSA) is 106 Å². The number of carbonyl (C=O) groups excluding carboxylic acids is 1. The Morgan fingerprint density at radius 3 is 2.44 bits per heavy atom. The zero-order valence-electron chi connectivity index (χ0n) is 17.7. The molecule has 0 fully saturated rings. The number of rotatable bonds is 4. The van der Waals surface area contributed by atoms with E-state index in [0.29, 0.717) is 17.8 Å². The van der Waals surface area contributed by atoms with Gasteiger partial charge in [-0.2, -0.15) is 5.26 Å². The molecule has 1 aromatic heterocycles. The maximum atomic E-state index is 12.4. The first kappa shape index (κ1) is 21.1. The zero-order valence-corrected chi connectivity index (χ0v) is 17.7. The lowest BCUT2D eigenvalue weighted by molar-refractivity contribution is -0.117. The fourth-order valence-electron chi connectivity index (χ4n) is 4.19. The van der Waals surface area contributed by atoms with E-state index in [1.807, 2.05) is 25.1 Å². The van der Waals surface area contributed by atoms with Crippen LogP contribution < -0.4 is 10.2 Å². The monoisotopic (exact) mass is 426 g/mol. The van der Waals surface area contributed by atoms with E-state index < -0.39 is 5.97 Å². The molecule has 0 saturated heterocycles. The van der Waals surface area contributed by atoms with E-state index in [-0.39, 0.29) is 23.6 Å². The van der Waals surface area contributed by atoms with Crippen LogP contribution in [0.5, 0.6) is 0 Å².